The first-order chi connectivity index (χ1) is 13.9. The monoisotopic (exact) mass is 452 g/mol. The quantitative estimate of drug-likeness (QED) is 0.561. The molecule has 4 nitrogen and oxygen atoms in total. The van der Waals surface area contributed by atoms with Crippen molar-refractivity contribution in [3.8, 4) is 0 Å². The zero-order valence-corrected chi connectivity index (χ0v) is 19.0. The van der Waals surface area contributed by atoms with Crippen LogP contribution in [-0.2, 0) is 21.8 Å². The van der Waals surface area contributed by atoms with Gasteiger partial charge in [-0.25, -0.2) is 0 Å². The molecule has 0 spiro atoms. The van der Waals surface area contributed by atoms with Crippen LogP contribution in [-0.4, -0.2) is 41.6 Å². The van der Waals surface area contributed by atoms with E-state index < -0.39 is 6.04 Å². The van der Waals surface area contributed by atoms with Crippen molar-refractivity contribution < 1.29 is 9.59 Å². The molecule has 1 atom stereocenters. The molecule has 0 aromatic heterocycles. The van der Waals surface area contributed by atoms with Crippen LogP contribution in [0.25, 0.3) is 0 Å². The predicted molar refractivity (Wildman–Crippen MR) is 123 cm³/mol. The van der Waals surface area contributed by atoms with Crippen molar-refractivity contribution in [2.24, 2.45) is 0 Å². The Bertz CT molecular complexity index is 818. The lowest BCUT2D eigenvalue weighted by Crippen LogP contribution is -2.49. The van der Waals surface area contributed by atoms with Crippen molar-refractivity contribution in [2.75, 3.05) is 18.8 Å². The molecule has 0 heterocycles. The molecule has 0 saturated heterocycles. The summed E-state index contributed by atoms with van der Waals surface area (Å²) in [6.07, 6.45) is 0.698. The molecule has 1 N–H and O–H groups in total. The average Bonchev–Trinajstić information content (AvgIpc) is 2.70. The number of likely N-dealkylation sites (N-methyl/N-ethyl adjacent to an activating group) is 1. The Kier molecular flexibility index (Phi) is 9.85. The lowest BCUT2D eigenvalue weighted by Gasteiger charge is -2.28. The molecule has 2 rings (SSSR count). The summed E-state index contributed by atoms with van der Waals surface area (Å²) in [7, 11) is 0. The molecule has 0 bridgehead atoms. The highest BCUT2D eigenvalue weighted by Gasteiger charge is 2.25. The first kappa shape index (κ1) is 23.6. The van der Waals surface area contributed by atoms with Crippen molar-refractivity contribution in [2.45, 2.75) is 32.1 Å². The molecule has 2 aromatic rings. The number of amides is 2. The summed E-state index contributed by atoms with van der Waals surface area (Å²) in [5, 5.41) is 3.98. The minimum absolute atomic E-state index is 0.0604. The lowest BCUT2D eigenvalue weighted by molar-refractivity contribution is -0.137. The third kappa shape index (κ3) is 7.57. The van der Waals surface area contributed by atoms with Crippen molar-refractivity contribution in [1.29, 1.82) is 0 Å². The third-order valence-corrected chi connectivity index (χ3v) is 6.05. The number of carbonyl (C=O) groups is 2. The molecule has 0 fully saturated rings. The topological polar surface area (TPSA) is 49.4 Å². The van der Waals surface area contributed by atoms with Crippen LogP contribution in [0.3, 0.4) is 0 Å². The Morgan fingerprint density at radius 3 is 2.52 bits per heavy atom. The van der Waals surface area contributed by atoms with Crippen LogP contribution < -0.4 is 5.32 Å². The maximum Gasteiger partial charge on any atom is 0.242 e. The fourth-order valence-electron chi connectivity index (χ4n) is 2.86. The van der Waals surface area contributed by atoms with Crippen LogP contribution in [0, 0.1) is 0 Å². The van der Waals surface area contributed by atoms with E-state index in [-0.39, 0.29) is 17.6 Å². The van der Waals surface area contributed by atoms with Crippen molar-refractivity contribution in [3.63, 3.8) is 0 Å². The molecular weight excluding hydrogens is 427 g/mol. The Morgan fingerprint density at radius 2 is 1.86 bits per heavy atom. The Morgan fingerprint density at radius 1 is 1.14 bits per heavy atom. The minimum atomic E-state index is -0.522. The molecule has 0 aliphatic heterocycles. The van der Waals surface area contributed by atoms with Gasteiger partial charge >= 0.3 is 0 Å². The largest absolute Gasteiger partial charge is 0.355 e. The van der Waals surface area contributed by atoms with Crippen LogP contribution >= 0.6 is 35.0 Å². The van der Waals surface area contributed by atoms with E-state index in [4.69, 9.17) is 23.2 Å². The maximum absolute atomic E-state index is 12.9. The van der Waals surface area contributed by atoms with Crippen LogP contribution in [0.5, 0.6) is 0 Å². The highest BCUT2D eigenvalue weighted by atomic mass is 35.5. The van der Waals surface area contributed by atoms with E-state index in [1.54, 1.807) is 24.0 Å². The van der Waals surface area contributed by atoms with E-state index in [0.29, 0.717) is 35.3 Å². The van der Waals surface area contributed by atoms with E-state index in [9.17, 15) is 9.59 Å². The van der Waals surface area contributed by atoms with Gasteiger partial charge in [-0.2, -0.15) is 0 Å². The summed E-state index contributed by atoms with van der Waals surface area (Å²) in [4.78, 5) is 26.9. The summed E-state index contributed by atoms with van der Waals surface area (Å²) >= 11 is 13.6. The van der Waals surface area contributed by atoms with Gasteiger partial charge in [-0.1, -0.05) is 59.6 Å². The van der Waals surface area contributed by atoms with Crippen LogP contribution in [0.2, 0.25) is 10.0 Å². The fourth-order valence-corrected chi connectivity index (χ4v) is 4.33. The number of rotatable bonds is 10. The molecule has 29 heavy (non-hydrogen) atoms. The van der Waals surface area contributed by atoms with Crippen molar-refractivity contribution >= 4 is 46.8 Å². The number of benzene rings is 2. The predicted octanol–water partition coefficient (Wildman–Crippen LogP) is 4.82. The van der Waals surface area contributed by atoms with E-state index in [0.717, 1.165) is 11.1 Å². The van der Waals surface area contributed by atoms with Crippen LogP contribution in [0.1, 0.15) is 25.0 Å². The Labute approximate surface area is 187 Å². The van der Waals surface area contributed by atoms with Gasteiger partial charge in [-0.3, -0.25) is 9.59 Å². The standard InChI is InChI=1S/C22H26Cl2N2O2S/c1-3-25-22(28)16(2)26(12-11-17-7-5-4-6-8-17)21(27)15-29-14-18-9-10-19(23)13-20(18)24/h4-10,13,16H,3,11-12,14-15H2,1-2H3,(H,25,28). The van der Waals surface area contributed by atoms with Gasteiger partial charge in [0.2, 0.25) is 11.8 Å². The van der Waals surface area contributed by atoms with Crippen molar-refractivity contribution in [1.82, 2.24) is 10.2 Å². The maximum atomic E-state index is 12.9. The van der Waals surface area contributed by atoms with Gasteiger partial charge in [0.25, 0.3) is 0 Å². The normalized spacial score (nSPS) is 11.7. The Hall–Kier alpha value is -1.69. The summed E-state index contributed by atoms with van der Waals surface area (Å²) in [5.41, 5.74) is 2.07. The third-order valence-electron chi connectivity index (χ3n) is 4.50. The van der Waals surface area contributed by atoms with Crippen LogP contribution in [0.15, 0.2) is 48.5 Å². The average molecular weight is 453 g/mol. The van der Waals surface area contributed by atoms with Gasteiger partial charge in [0.15, 0.2) is 0 Å². The highest BCUT2D eigenvalue weighted by Crippen LogP contribution is 2.25. The molecule has 0 radical (unpaired) electrons. The smallest absolute Gasteiger partial charge is 0.242 e. The van der Waals surface area contributed by atoms with Crippen molar-refractivity contribution in [3.05, 3.63) is 69.7 Å². The number of nitrogens with one attached hydrogen (secondary N) is 1. The second-order valence-corrected chi connectivity index (χ2v) is 8.45. The summed E-state index contributed by atoms with van der Waals surface area (Å²) in [5.74, 6) is 0.677. The molecule has 2 amide bonds. The molecule has 7 heteroatoms. The molecule has 0 aliphatic rings. The highest BCUT2D eigenvalue weighted by molar-refractivity contribution is 7.99. The van der Waals surface area contributed by atoms with Gasteiger partial charge in [-0.15, -0.1) is 11.8 Å². The zero-order chi connectivity index (χ0) is 21.2. The van der Waals surface area contributed by atoms with E-state index in [1.807, 2.05) is 43.3 Å². The SMILES string of the molecule is CCNC(=O)C(C)N(CCc1ccccc1)C(=O)CSCc1ccc(Cl)cc1Cl. The molecule has 0 saturated carbocycles. The van der Waals surface area contributed by atoms with E-state index in [2.05, 4.69) is 5.32 Å². The molecule has 1 unspecified atom stereocenters. The van der Waals surface area contributed by atoms with E-state index >= 15 is 0 Å². The van der Waals surface area contributed by atoms with Gasteiger partial charge in [0, 0.05) is 28.9 Å². The second-order valence-electron chi connectivity index (χ2n) is 6.62. The molecule has 156 valence electrons. The number of thioether (sulfide) groups is 1. The number of carbonyl (C=O) groups excluding carboxylic acids is 2. The van der Waals surface area contributed by atoms with Gasteiger partial charge < -0.3 is 10.2 Å². The summed E-state index contributed by atoms with van der Waals surface area (Å²) < 4.78 is 0. The van der Waals surface area contributed by atoms with Gasteiger partial charge in [0.1, 0.15) is 6.04 Å². The van der Waals surface area contributed by atoms with Crippen LogP contribution in [0.4, 0.5) is 0 Å². The molecule has 0 aliphatic carbocycles. The van der Waals surface area contributed by atoms with Gasteiger partial charge in [-0.05, 0) is 43.5 Å². The van der Waals surface area contributed by atoms with Gasteiger partial charge in [0.05, 0.1) is 5.75 Å². The molecule has 2 aromatic carbocycles. The fraction of sp³-hybridized carbons (Fsp3) is 0.364. The summed E-state index contributed by atoms with van der Waals surface area (Å²) in [6, 6.07) is 14.8. The summed E-state index contributed by atoms with van der Waals surface area (Å²) in [6.45, 7) is 4.66. The number of halogens is 2. The first-order valence-electron chi connectivity index (χ1n) is 9.55. The number of hydrogen-bond acceptors (Lipinski definition) is 3. The number of hydrogen-bond donors (Lipinski definition) is 1. The lowest BCUT2D eigenvalue weighted by atomic mass is 10.1. The first-order valence-corrected chi connectivity index (χ1v) is 11.5. The molecular formula is C22H26Cl2N2O2S. The zero-order valence-electron chi connectivity index (χ0n) is 16.7. The second kappa shape index (κ2) is 12.1. The number of nitrogens with zero attached hydrogens (tertiary/aromatic N) is 1. The van der Waals surface area contributed by atoms with E-state index in [1.165, 1.54) is 11.8 Å². The minimum Gasteiger partial charge on any atom is -0.355 e. The Balaban J connectivity index is 1.99.